The number of nitrogens with zero attached hydrogens (tertiary/aromatic N) is 1. The number of carbonyl (C=O) groups is 3. The number of hydrogen-bond donors (Lipinski definition) is 1. The van der Waals surface area contributed by atoms with Gasteiger partial charge in [0, 0.05) is 13.2 Å². The molecule has 0 fully saturated rings. The van der Waals surface area contributed by atoms with Crippen LogP contribution in [0.3, 0.4) is 0 Å². The number of ether oxygens (including phenoxy) is 2. The average Bonchev–Trinajstić information content (AvgIpc) is 2.91. The zero-order valence-electron chi connectivity index (χ0n) is 13.0. The molecule has 7 nitrogen and oxygen atoms in total. The van der Waals surface area contributed by atoms with Gasteiger partial charge < -0.3 is 19.4 Å². The van der Waals surface area contributed by atoms with Crippen molar-refractivity contribution < 1.29 is 23.9 Å². The Morgan fingerprint density at radius 3 is 2.54 bits per heavy atom. The topological polar surface area (TPSA) is 86.6 Å². The third kappa shape index (κ3) is 4.14. The lowest BCUT2D eigenvalue weighted by molar-refractivity contribution is -0.119. The first-order valence-corrected chi connectivity index (χ1v) is 7.26. The van der Waals surface area contributed by atoms with E-state index in [1.807, 2.05) is 0 Å². The number of benzene rings is 1. The Kier molecular flexibility index (Phi) is 5.59. The fourth-order valence-electron chi connectivity index (χ4n) is 2.00. The van der Waals surface area contributed by atoms with Gasteiger partial charge in [0.15, 0.2) is 6.61 Å². The van der Waals surface area contributed by atoms with Crippen molar-refractivity contribution in [1.29, 1.82) is 0 Å². The van der Waals surface area contributed by atoms with E-state index in [4.69, 9.17) is 16.3 Å². The maximum Gasteiger partial charge on any atom is 0.355 e. The number of esters is 2. The van der Waals surface area contributed by atoms with Crippen LogP contribution < -0.4 is 5.32 Å². The lowest BCUT2D eigenvalue weighted by Gasteiger charge is -2.10. The SMILES string of the molecule is COC(=O)c1ccccc1NC(=O)COC(=O)c1cc(Cl)cn1C. The molecule has 1 N–H and O–H groups in total. The molecule has 126 valence electrons. The molecule has 0 saturated heterocycles. The Balaban J connectivity index is 1.98. The number of nitrogens with one attached hydrogen (secondary N) is 1. The van der Waals surface area contributed by atoms with Gasteiger partial charge in [-0.05, 0) is 18.2 Å². The number of aryl methyl sites for hydroxylation is 1. The first-order chi connectivity index (χ1) is 11.4. The average molecular weight is 351 g/mol. The van der Waals surface area contributed by atoms with E-state index < -0.39 is 24.5 Å². The standard InChI is InChI=1S/C16H15ClN2O5/c1-19-8-10(17)7-13(19)16(22)24-9-14(20)18-12-6-4-3-5-11(12)15(21)23-2/h3-8H,9H2,1-2H3,(H,18,20). The van der Waals surface area contributed by atoms with E-state index in [9.17, 15) is 14.4 Å². The molecule has 0 aliphatic carbocycles. The lowest BCUT2D eigenvalue weighted by Crippen LogP contribution is -2.23. The molecule has 8 heteroatoms. The molecule has 24 heavy (non-hydrogen) atoms. The molecule has 0 saturated carbocycles. The summed E-state index contributed by atoms with van der Waals surface area (Å²) >= 11 is 5.79. The minimum absolute atomic E-state index is 0.203. The van der Waals surface area contributed by atoms with Crippen LogP contribution in [-0.4, -0.2) is 36.1 Å². The van der Waals surface area contributed by atoms with Gasteiger partial charge in [0.2, 0.25) is 0 Å². The summed E-state index contributed by atoms with van der Waals surface area (Å²) in [6, 6.07) is 7.79. The quantitative estimate of drug-likeness (QED) is 0.836. The van der Waals surface area contributed by atoms with Crippen LogP contribution in [0.4, 0.5) is 5.69 Å². The molecule has 0 atom stereocenters. The van der Waals surface area contributed by atoms with E-state index in [1.54, 1.807) is 31.4 Å². The van der Waals surface area contributed by atoms with Crippen LogP contribution in [0.2, 0.25) is 5.02 Å². The van der Waals surface area contributed by atoms with Gasteiger partial charge in [-0.15, -0.1) is 0 Å². The number of hydrogen-bond acceptors (Lipinski definition) is 5. The first-order valence-electron chi connectivity index (χ1n) is 6.88. The molecule has 1 aromatic heterocycles. The van der Waals surface area contributed by atoms with Crippen molar-refractivity contribution in [2.75, 3.05) is 19.0 Å². The predicted molar refractivity (Wildman–Crippen MR) is 87.1 cm³/mol. The van der Waals surface area contributed by atoms with Gasteiger partial charge in [-0.1, -0.05) is 23.7 Å². The van der Waals surface area contributed by atoms with E-state index in [0.717, 1.165) is 0 Å². The van der Waals surface area contributed by atoms with Crippen molar-refractivity contribution in [3.05, 3.63) is 52.8 Å². The molecule has 0 unspecified atom stereocenters. The van der Waals surface area contributed by atoms with Gasteiger partial charge in [-0.3, -0.25) is 4.79 Å². The second kappa shape index (κ2) is 7.65. The highest BCUT2D eigenvalue weighted by molar-refractivity contribution is 6.31. The van der Waals surface area contributed by atoms with Gasteiger partial charge in [-0.25, -0.2) is 9.59 Å². The minimum atomic E-state index is -0.680. The molecule has 1 aromatic carbocycles. The Bertz CT molecular complexity index is 785. The zero-order chi connectivity index (χ0) is 17.7. The molecule has 1 amide bonds. The maximum absolute atomic E-state index is 11.9. The Morgan fingerprint density at radius 1 is 1.21 bits per heavy atom. The summed E-state index contributed by atoms with van der Waals surface area (Å²) < 4.78 is 11.1. The molecule has 2 rings (SSSR count). The van der Waals surface area contributed by atoms with Crippen LogP contribution in [0, 0.1) is 0 Å². The molecular formula is C16H15ClN2O5. The van der Waals surface area contributed by atoms with Crippen molar-refractivity contribution in [3.63, 3.8) is 0 Å². The van der Waals surface area contributed by atoms with Crippen LogP contribution in [0.25, 0.3) is 0 Å². The zero-order valence-corrected chi connectivity index (χ0v) is 13.8. The first kappa shape index (κ1) is 17.6. The Hall–Kier alpha value is -2.80. The number of halogens is 1. The smallest absolute Gasteiger partial charge is 0.355 e. The summed E-state index contributed by atoms with van der Waals surface area (Å²) in [7, 11) is 2.88. The van der Waals surface area contributed by atoms with Crippen LogP contribution in [0.15, 0.2) is 36.5 Å². The molecule has 2 aromatic rings. The third-order valence-corrected chi connectivity index (χ3v) is 3.33. The molecule has 0 aliphatic heterocycles. The van der Waals surface area contributed by atoms with Crippen LogP contribution in [0.1, 0.15) is 20.8 Å². The molecular weight excluding hydrogens is 336 g/mol. The molecule has 0 bridgehead atoms. The normalized spacial score (nSPS) is 10.1. The van der Waals surface area contributed by atoms with E-state index in [2.05, 4.69) is 10.1 Å². The second-order valence-corrected chi connectivity index (χ2v) is 5.25. The molecule has 0 spiro atoms. The van der Waals surface area contributed by atoms with Gasteiger partial charge >= 0.3 is 11.9 Å². The lowest BCUT2D eigenvalue weighted by atomic mass is 10.2. The number of methoxy groups -OCH3 is 1. The summed E-state index contributed by atoms with van der Waals surface area (Å²) in [4.78, 5) is 35.5. The predicted octanol–water partition coefficient (Wildman–Crippen LogP) is 2.26. The number of aromatic nitrogens is 1. The van der Waals surface area contributed by atoms with Crippen LogP contribution in [0.5, 0.6) is 0 Å². The fourth-order valence-corrected chi connectivity index (χ4v) is 2.25. The van der Waals surface area contributed by atoms with E-state index >= 15 is 0 Å². The highest BCUT2D eigenvalue weighted by Gasteiger charge is 2.16. The number of carbonyl (C=O) groups excluding carboxylic acids is 3. The van der Waals surface area contributed by atoms with E-state index in [1.165, 1.54) is 23.8 Å². The summed E-state index contributed by atoms with van der Waals surface area (Å²) in [6.45, 7) is -0.503. The van der Waals surface area contributed by atoms with Crippen LogP contribution in [-0.2, 0) is 21.3 Å². The van der Waals surface area contributed by atoms with Gasteiger partial charge in [-0.2, -0.15) is 0 Å². The highest BCUT2D eigenvalue weighted by Crippen LogP contribution is 2.16. The number of amides is 1. The van der Waals surface area contributed by atoms with Crippen LogP contribution >= 0.6 is 11.6 Å². The molecule has 1 heterocycles. The molecule has 0 aliphatic rings. The summed E-state index contributed by atoms with van der Waals surface area (Å²) in [5.74, 6) is -1.85. The fraction of sp³-hybridized carbons (Fsp3) is 0.188. The number of anilines is 1. The maximum atomic E-state index is 11.9. The van der Waals surface area contributed by atoms with Crippen molar-refractivity contribution >= 4 is 35.1 Å². The second-order valence-electron chi connectivity index (χ2n) is 4.82. The highest BCUT2D eigenvalue weighted by atomic mass is 35.5. The Morgan fingerprint density at radius 2 is 1.92 bits per heavy atom. The number of rotatable bonds is 5. The summed E-state index contributed by atoms with van der Waals surface area (Å²) in [6.07, 6.45) is 1.55. The third-order valence-electron chi connectivity index (χ3n) is 3.12. The van der Waals surface area contributed by atoms with Crippen molar-refractivity contribution in [3.8, 4) is 0 Å². The molecule has 0 radical (unpaired) electrons. The van der Waals surface area contributed by atoms with Crippen molar-refractivity contribution in [2.45, 2.75) is 0 Å². The van der Waals surface area contributed by atoms with E-state index in [0.29, 0.717) is 5.02 Å². The summed E-state index contributed by atoms with van der Waals surface area (Å²) in [5, 5.41) is 2.89. The summed E-state index contributed by atoms with van der Waals surface area (Å²) in [5.41, 5.74) is 0.698. The minimum Gasteiger partial charge on any atom is -0.465 e. The van der Waals surface area contributed by atoms with Gasteiger partial charge in [0.05, 0.1) is 23.4 Å². The van der Waals surface area contributed by atoms with Gasteiger partial charge in [0.25, 0.3) is 5.91 Å². The van der Waals surface area contributed by atoms with Crippen molar-refractivity contribution in [2.24, 2.45) is 7.05 Å². The van der Waals surface area contributed by atoms with Crippen molar-refractivity contribution in [1.82, 2.24) is 4.57 Å². The monoisotopic (exact) mass is 350 g/mol. The number of para-hydroxylation sites is 1. The van der Waals surface area contributed by atoms with E-state index in [-0.39, 0.29) is 16.9 Å². The largest absolute Gasteiger partial charge is 0.465 e. The van der Waals surface area contributed by atoms with Gasteiger partial charge in [0.1, 0.15) is 5.69 Å². The Labute approximate surface area is 143 Å².